The molecule has 0 bridgehead atoms. The maximum atomic E-state index is 5.62. The van der Waals surface area contributed by atoms with E-state index in [0.717, 1.165) is 10.0 Å². The fourth-order valence-corrected chi connectivity index (χ4v) is 1.91. The summed E-state index contributed by atoms with van der Waals surface area (Å²) < 4.78 is 6.02. The molecule has 0 atom stereocenters. The summed E-state index contributed by atoms with van der Waals surface area (Å²) in [7, 11) is 0. The maximum Gasteiger partial charge on any atom is 0.276 e. The molecule has 94 valence electrons. The lowest BCUT2D eigenvalue weighted by Crippen LogP contribution is -1.91. The highest BCUT2D eigenvalue weighted by molar-refractivity contribution is 9.10. The van der Waals surface area contributed by atoms with Gasteiger partial charge in [0.05, 0.1) is 0 Å². The van der Waals surface area contributed by atoms with Gasteiger partial charge in [0.15, 0.2) is 0 Å². The first-order valence-electron chi connectivity index (χ1n) is 5.40. The summed E-state index contributed by atoms with van der Waals surface area (Å²) in [5.74, 6) is 1.18. The molecule has 3 aromatic heterocycles. The van der Waals surface area contributed by atoms with Gasteiger partial charge in [0.1, 0.15) is 11.5 Å². The molecule has 19 heavy (non-hydrogen) atoms. The minimum atomic E-state index is 0.322. The van der Waals surface area contributed by atoms with Crippen LogP contribution in [0.2, 0.25) is 0 Å². The number of halogens is 1. The highest BCUT2D eigenvalue weighted by Gasteiger charge is 2.12. The zero-order chi connectivity index (χ0) is 13.2. The summed E-state index contributed by atoms with van der Waals surface area (Å²) in [6.45, 7) is 0. The number of nitrogen functional groups attached to an aromatic ring is 1. The van der Waals surface area contributed by atoms with Gasteiger partial charge in [0, 0.05) is 22.4 Å². The van der Waals surface area contributed by atoms with Crippen LogP contribution in [0.15, 0.2) is 45.7 Å². The van der Waals surface area contributed by atoms with E-state index in [0.29, 0.717) is 23.2 Å². The quantitative estimate of drug-likeness (QED) is 0.781. The molecule has 2 N–H and O–H groups in total. The molecule has 7 heteroatoms. The van der Waals surface area contributed by atoms with E-state index in [4.69, 9.17) is 10.3 Å². The first-order valence-corrected chi connectivity index (χ1v) is 6.19. The summed E-state index contributed by atoms with van der Waals surface area (Å²) >= 11 is 3.34. The number of rotatable bonds is 2. The van der Waals surface area contributed by atoms with Crippen LogP contribution in [0.3, 0.4) is 0 Å². The molecule has 0 fully saturated rings. The third-order valence-electron chi connectivity index (χ3n) is 2.38. The predicted octanol–water partition coefficient (Wildman–Crippen LogP) is 2.54. The lowest BCUT2D eigenvalue weighted by molar-refractivity contribution is 0.431. The van der Waals surface area contributed by atoms with Crippen LogP contribution in [0.5, 0.6) is 0 Å². The number of pyridine rings is 2. The van der Waals surface area contributed by atoms with Crippen LogP contribution >= 0.6 is 15.9 Å². The van der Waals surface area contributed by atoms with Crippen LogP contribution in [0, 0.1) is 0 Å². The molecule has 0 radical (unpaired) electrons. The molecule has 0 saturated heterocycles. The van der Waals surface area contributed by atoms with E-state index in [-0.39, 0.29) is 0 Å². The standard InChI is InChI=1S/C12H8BrN5O/c13-8-4-7(5-15-6-8)11-17-12(19-18-11)9-2-1-3-10(14)16-9/h1-6H,(H2,14,16). The van der Waals surface area contributed by atoms with Crippen molar-refractivity contribution in [2.24, 2.45) is 0 Å². The van der Waals surface area contributed by atoms with E-state index in [9.17, 15) is 0 Å². The minimum Gasteiger partial charge on any atom is -0.384 e. The molecule has 3 aromatic rings. The van der Waals surface area contributed by atoms with Gasteiger partial charge in [-0.1, -0.05) is 11.2 Å². The molecule has 0 aliphatic rings. The summed E-state index contributed by atoms with van der Waals surface area (Å²) in [5, 5.41) is 3.91. The third kappa shape index (κ3) is 2.45. The number of aromatic nitrogens is 4. The van der Waals surface area contributed by atoms with Crippen molar-refractivity contribution in [3.63, 3.8) is 0 Å². The molecular formula is C12H8BrN5O. The second-order valence-electron chi connectivity index (χ2n) is 3.76. The fraction of sp³-hybridized carbons (Fsp3) is 0. The van der Waals surface area contributed by atoms with E-state index in [1.165, 1.54) is 0 Å². The lowest BCUT2D eigenvalue weighted by atomic mass is 10.3. The average molecular weight is 318 g/mol. The largest absolute Gasteiger partial charge is 0.384 e. The first kappa shape index (κ1) is 11.8. The Morgan fingerprint density at radius 1 is 1.16 bits per heavy atom. The Morgan fingerprint density at radius 3 is 2.84 bits per heavy atom. The molecule has 0 unspecified atom stereocenters. The van der Waals surface area contributed by atoms with Crippen LogP contribution in [0.25, 0.3) is 23.0 Å². The van der Waals surface area contributed by atoms with Crippen molar-refractivity contribution in [3.8, 4) is 23.0 Å². The van der Waals surface area contributed by atoms with Gasteiger partial charge >= 0.3 is 0 Å². The van der Waals surface area contributed by atoms with Gasteiger partial charge in [0.2, 0.25) is 5.82 Å². The summed E-state index contributed by atoms with van der Waals surface area (Å²) in [6, 6.07) is 7.09. The first-order chi connectivity index (χ1) is 9.22. The zero-order valence-electron chi connectivity index (χ0n) is 9.62. The second kappa shape index (κ2) is 4.77. The SMILES string of the molecule is Nc1cccc(-c2nc(-c3cncc(Br)c3)no2)n1. The molecule has 0 aliphatic carbocycles. The minimum absolute atomic E-state index is 0.322. The van der Waals surface area contributed by atoms with Crippen LogP contribution in [0.4, 0.5) is 5.82 Å². The molecule has 3 heterocycles. The number of anilines is 1. The smallest absolute Gasteiger partial charge is 0.276 e. The number of nitrogens with zero attached hydrogens (tertiary/aromatic N) is 4. The topological polar surface area (TPSA) is 90.7 Å². The van der Waals surface area contributed by atoms with Crippen molar-refractivity contribution in [1.82, 2.24) is 20.1 Å². The molecule has 6 nitrogen and oxygen atoms in total. The van der Waals surface area contributed by atoms with Crippen LogP contribution in [-0.2, 0) is 0 Å². The predicted molar refractivity (Wildman–Crippen MR) is 72.9 cm³/mol. The Kier molecular flexibility index (Phi) is 2.96. The van der Waals surface area contributed by atoms with Crippen LogP contribution in [0.1, 0.15) is 0 Å². The molecule has 3 rings (SSSR count). The zero-order valence-corrected chi connectivity index (χ0v) is 11.2. The van der Waals surface area contributed by atoms with Crippen LogP contribution in [-0.4, -0.2) is 20.1 Å². The summed E-state index contributed by atoms with van der Waals surface area (Å²) in [4.78, 5) is 12.5. The summed E-state index contributed by atoms with van der Waals surface area (Å²) in [6.07, 6.45) is 3.34. The van der Waals surface area contributed by atoms with Gasteiger partial charge in [0.25, 0.3) is 5.89 Å². The van der Waals surface area contributed by atoms with Gasteiger partial charge in [-0.15, -0.1) is 0 Å². The highest BCUT2D eigenvalue weighted by atomic mass is 79.9. The average Bonchev–Trinajstić information content (AvgIpc) is 2.88. The van der Waals surface area contributed by atoms with Gasteiger partial charge in [-0.05, 0) is 34.1 Å². The normalized spacial score (nSPS) is 10.6. The molecule has 0 aliphatic heterocycles. The third-order valence-corrected chi connectivity index (χ3v) is 2.81. The van der Waals surface area contributed by atoms with E-state index < -0.39 is 0 Å². The monoisotopic (exact) mass is 317 g/mol. The summed E-state index contributed by atoms with van der Waals surface area (Å²) in [5.41, 5.74) is 6.92. The van der Waals surface area contributed by atoms with E-state index in [1.807, 2.05) is 6.07 Å². The van der Waals surface area contributed by atoms with E-state index >= 15 is 0 Å². The Bertz CT molecular complexity index is 667. The van der Waals surface area contributed by atoms with Gasteiger partial charge in [-0.25, -0.2) is 4.98 Å². The molecule has 0 spiro atoms. The number of hydrogen-bond donors (Lipinski definition) is 1. The Hall–Kier alpha value is -2.28. The Morgan fingerprint density at radius 2 is 2.05 bits per heavy atom. The van der Waals surface area contributed by atoms with Crippen molar-refractivity contribution < 1.29 is 4.52 Å². The van der Waals surface area contributed by atoms with Gasteiger partial charge in [-0.2, -0.15) is 4.98 Å². The van der Waals surface area contributed by atoms with Crippen molar-refractivity contribution in [3.05, 3.63) is 41.1 Å². The lowest BCUT2D eigenvalue weighted by Gasteiger charge is -1.95. The van der Waals surface area contributed by atoms with Gasteiger partial charge < -0.3 is 10.3 Å². The molecule has 0 saturated carbocycles. The fourth-order valence-electron chi connectivity index (χ4n) is 1.55. The van der Waals surface area contributed by atoms with Gasteiger partial charge in [-0.3, -0.25) is 4.98 Å². The molecule has 0 amide bonds. The Labute approximate surface area is 116 Å². The number of nitrogens with two attached hydrogens (primary N) is 1. The van der Waals surface area contributed by atoms with Crippen molar-refractivity contribution in [2.75, 3.05) is 5.73 Å². The van der Waals surface area contributed by atoms with Crippen LogP contribution < -0.4 is 5.73 Å². The van der Waals surface area contributed by atoms with E-state index in [1.54, 1.807) is 30.6 Å². The maximum absolute atomic E-state index is 5.62. The van der Waals surface area contributed by atoms with Crippen molar-refractivity contribution in [1.29, 1.82) is 0 Å². The van der Waals surface area contributed by atoms with E-state index in [2.05, 4.69) is 36.0 Å². The molecular weight excluding hydrogens is 310 g/mol. The second-order valence-corrected chi connectivity index (χ2v) is 4.68. The van der Waals surface area contributed by atoms with Crippen molar-refractivity contribution >= 4 is 21.7 Å². The highest BCUT2D eigenvalue weighted by Crippen LogP contribution is 2.22. The molecule has 0 aromatic carbocycles. The number of hydrogen-bond acceptors (Lipinski definition) is 6. The Balaban J connectivity index is 2.00. The van der Waals surface area contributed by atoms with Crippen molar-refractivity contribution in [2.45, 2.75) is 0 Å².